The highest BCUT2D eigenvalue weighted by Gasteiger charge is 2.34. The van der Waals surface area contributed by atoms with Gasteiger partial charge in [-0.3, -0.25) is 14.6 Å². The third kappa shape index (κ3) is 8.29. The Morgan fingerprint density at radius 2 is 1.85 bits per heavy atom. The van der Waals surface area contributed by atoms with Crippen molar-refractivity contribution < 1.29 is 18.4 Å². The van der Waals surface area contributed by atoms with Crippen molar-refractivity contribution in [3.63, 3.8) is 0 Å². The van der Waals surface area contributed by atoms with Crippen molar-refractivity contribution in [3.8, 4) is 0 Å². The molecule has 2 N–H and O–H groups in total. The molecule has 1 heterocycles. The summed E-state index contributed by atoms with van der Waals surface area (Å²) < 4.78 is 11.8. The van der Waals surface area contributed by atoms with E-state index in [1.165, 1.54) is 6.20 Å². The molecule has 0 bridgehead atoms. The zero-order chi connectivity index (χ0) is 20.8. The molecule has 0 amide bonds. The standard InChI is InChI=1S/C17H28N2O5SSi2/c1-12(2)14(20)8-7-9-26(3,4)24-27(5,6)11-23-16(22)13-10-18-17(25)19-15(13)21/h10H,1,7-9,11H2,2-6H3,(H2,18,19,21,25). The Kier molecular flexibility index (Phi) is 8.27. The lowest BCUT2D eigenvalue weighted by molar-refractivity contribution is -0.115. The van der Waals surface area contributed by atoms with E-state index in [2.05, 4.69) is 29.6 Å². The van der Waals surface area contributed by atoms with Crippen LogP contribution < -0.4 is 5.56 Å². The number of Topliss-reactive ketones (excluding diaryl/α,β-unsaturated/α-hetero) is 1. The lowest BCUT2D eigenvalue weighted by Gasteiger charge is -2.33. The van der Waals surface area contributed by atoms with E-state index in [-0.39, 0.29) is 22.3 Å². The fraction of sp³-hybridized carbons (Fsp3) is 0.529. The average Bonchev–Trinajstić information content (AvgIpc) is 2.51. The second kappa shape index (κ2) is 9.53. The summed E-state index contributed by atoms with van der Waals surface area (Å²) in [6, 6.07) is 0.839. The Balaban J connectivity index is 2.59. The van der Waals surface area contributed by atoms with Crippen LogP contribution in [0.15, 0.2) is 23.1 Å². The van der Waals surface area contributed by atoms with Crippen LogP contribution in [0.2, 0.25) is 32.2 Å². The first kappa shape index (κ1) is 23.4. The number of carbonyl (C=O) groups is 2. The van der Waals surface area contributed by atoms with E-state index in [0.717, 1.165) is 12.5 Å². The summed E-state index contributed by atoms with van der Waals surface area (Å²) in [6.45, 7) is 13.5. The lowest BCUT2D eigenvalue weighted by atomic mass is 10.1. The van der Waals surface area contributed by atoms with Gasteiger partial charge in [0.15, 0.2) is 18.9 Å². The molecule has 7 nitrogen and oxygen atoms in total. The summed E-state index contributed by atoms with van der Waals surface area (Å²) in [6.07, 6.45) is 2.62. The largest absolute Gasteiger partial charge is 0.463 e. The van der Waals surface area contributed by atoms with Crippen molar-refractivity contribution in [3.05, 3.63) is 39.0 Å². The van der Waals surface area contributed by atoms with E-state index in [1.54, 1.807) is 6.92 Å². The number of rotatable bonds is 10. The first-order chi connectivity index (χ1) is 12.3. The van der Waals surface area contributed by atoms with Gasteiger partial charge in [0.1, 0.15) is 11.8 Å². The quantitative estimate of drug-likeness (QED) is 0.256. The predicted octanol–water partition coefficient (Wildman–Crippen LogP) is 3.48. The molecule has 1 aromatic heterocycles. The Morgan fingerprint density at radius 3 is 2.41 bits per heavy atom. The molecule has 0 aliphatic carbocycles. The summed E-state index contributed by atoms with van der Waals surface area (Å²) in [5.74, 6) is -0.629. The zero-order valence-electron chi connectivity index (χ0n) is 16.6. The Morgan fingerprint density at radius 1 is 1.22 bits per heavy atom. The van der Waals surface area contributed by atoms with Gasteiger partial charge in [0.25, 0.3) is 5.56 Å². The summed E-state index contributed by atoms with van der Waals surface area (Å²) in [4.78, 5) is 40.5. The van der Waals surface area contributed by atoms with E-state index < -0.39 is 28.2 Å². The van der Waals surface area contributed by atoms with Gasteiger partial charge in [-0.15, -0.1) is 0 Å². The van der Waals surface area contributed by atoms with Crippen molar-refractivity contribution in [2.45, 2.75) is 52.0 Å². The topological polar surface area (TPSA) is 101 Å². The summed E-state index contributed by atoms with van der Waals surface area (Å²) in [7, 11) is -4.30. The molecule has 27 heavy (non-hydrogen) atoms. The van der Waals surface area contributed by atoms with Crippen molar-refractivity contribution >= 4 is 40.6 Å². The van der Waals surface area contributed by atoms with Crippen LogP contribution in [0.25, 0.3) is 0 Å². The summed E-state index contributed by atoms with van der Waals surface area (Å²) in [5.41, 5.74) is -0.127. The minimum Gasteiger partial charge on any atom is -0.463 e. The summed E-state index contributed by atoms with van der Waals surface area (Å²) in [5, 5.41) is 0. The van der Waals surface area contributed by atoms with Crippen molar-refractivity contribution in [2.75, 3.05) is 6.23 Å². The first-order valence-electron chi connectivity index (χ1n) is 8.71. The molecular weight excluding hydrogens is 400 g/mol. The molecule has 0 radical (unpaired) electrons. The number of allylic oxidation sites excluding steroid dienone is 1. The number of aromatic nitrogens is 2. The van der Waals surface area contributed by atoms with Gasteiger partial charge in [-0.1, -0.05) is 6.58 Å². The zero-order valence-corrected chi connectivity index (χ0v) is 19.4. The number of hydrogen-bond acceptors (Lipinski definition) is 6. The highest BCUT2D eigenvalue weighted by Crippen LogP contribution is 2.21. The molecule has 0 unspecified atom stereocenters. The highest BCUT2D eigenvalue weighted by molar-refractivity contribution is 7.71. The van der Waals surface area contributed by atoms with Crippen LogP contribution in [0.4, 0.5) is 0 Å². The Hall–Kier alpha value is -1.63. The van der Waals surface area contributed by atoms with Gasteiger partial charge in [0, 0.05) is 12.6 Å². The molecule has 0 aromatic carbocycles. The van der Waals surface area contributed by atoms with Gasteiger partial charge in [-0.05, 0) is 63.4 Å². The third-order valence-corrected chi connectivity index (χ3v) is 10.8. The van der Waals surface area contributed by atoms with Crippen LogP contribution in [0, 0.1) is 4.77 Å². The lowest BCUT2D eigenvalue weighted by Crippen LogP contribution is -2.48. The van der Waals surface area contributed by atoms with Crippen molar-refractivity contribution in [1.29, 1.82) is 0 Å². The van der Waals surface area contributed by atoms with Crippen LogP contribution in [0.5, 0.6) is 0 Å². The van der Waals surface area contributed by atoms with E-state index >= 15 is 0 Å². The Bertz CT molecular complexity index is 829. The van der Waals surface area contributed by atoms with Crippen LogP contribution in [-0.4, -0.2) is 44.6 Å². The average molecular weight is 429 g/mol. The van der Waals surface area contributed by atoms with E-state index in [0.29, 0.717) is 12.0 Å². The molecule has 0 aliphatic heterocycles. The Labute approximate surface area is 166 Å². The van der Waals surface area contributed by atoms with Gasteiger partial charge in [-0.2, -0.15) is 0 Å². The van der Waals surface area contributed by atoms with Gasteiger partial charge >= 0.3 is 5.97 Å². The molecule has 0 fully saturated rings. The summed E-state index contributed by atoms with van der Waals surface area (Å²) >= 11 is 4.80. The fourth-order valence-corrected chi connectivity index (χ4v) is 10.9. The van der Waals surface area contributed by atoms with Crippen LogP contribution in [-0.2, 0) is 13.6 Å². The number of nitrogens with one attached hydrogen (secondary N) is 2. The molecule has 0 atom stereocenters. The van der Waals surface area contributed by atoms with Gasteiger partial charge in [0.05, 0.1) is 0 Å². The highest BCUT2D eigenvalue weighted by atomic mass is 32.1. The second-order valence-electron chi connectivity index (χ2n) is 7.74. The number of H-pyrrole nitrogens is 2. The molecule has 0 saturated carbocycles. The molecule has 10 heteroatoms. The normalized spacial score (nSPS) is 11.9. The number of ether oxygens (including phenoxy) is 1. The van der Waals surface area contributed by atoms with E-state index in [4.69, 9.17) is 21.1 Å². The van der Waals surface area contributed by atoms with Gasteiger partial charge in [-0.25, -0.2) is 4.79 Å². The number of carbonyl (C=O) groups excluding carboxylic acids is 2. The third-order valence-electron chi connectivity index (χ3n) is 3.80. The minimum absolute atomic E-state index is 0.0809. The minimum atomic E-state index is -2.29. The monoisotopic (exact) mass is 428 g/mol. The van der Waals surface area contributed by atoms with Crippen LogP contribution in [0.1, 0.15) is 30.1 Å². The first-order valence-corrected chi connectivity index (χ1v) is 15.3. The maximum absolute atomic E-state index is 12.1. The number of ketones is 1. The SMILES string of the molecule is C=C(C)C(=O)CCC[Si](C)(C)O[Si](C)(C)COC(=O)c1c[nH]c(=S)[nH]c1=O. The maximum Gasteiger partial charge on any atom is 0.345 e. The number of aromatic amines is 2. The van der Waals surface area contributed by atoms with Crippen LogP contribution >= 0.6 is 12.2 Å². The van der Waals surface area contributed by atoms with Crippen molar-refractivity contribution in [1.82, 2.24) is 9.97 Å². The number of esters is 1. The molecule has 1 rings (SSSR count). The van der Waals surface area contributed by atoms with E-state index in [1.807, 2.05) is 13.1 Å². The van der Waals surface area contributed by atoms with Crippen molar-refractivity contribution in [2.24, 2.45) is 0 Å². The molecular formula is C17H28N2O5SSi2. The predicted molar refractivity (Wildman–Crippen MR) is 112 cm³/mol. The smallest absolute Gasteiger partial charge is 0.345 e. The molecule has 0 spiro atoms. The number of hydrogen-bond donors (Lipinski definition) is 2. The molecule has 0 aliphatic rings. The fourth-order valence-electron chi connectivity index (χ4n) is 2.60. The second-order valence-corrected chi connectivity index (χ2v) is 16.8. The van der Waals surface area contributed by atoms with Gasteiger partial charge in [0.2, 0.25) is 8.32 Å². The molecule has 1 aromatic rings. The van der Waals surface area contributed by atoms with E-state index in [9.17, 15) is 14.4 Å². The molecule has 150 valence electrons. The van der Waals surface area contributed by atoms with Crippen LogP contribution in [0.3, 0.4) is 0 Å². The van der Waals surface area contributed by atoms with Gasteiger partial charge < -0.3 is 13.8 Å². The molecule has 0 saturated heterocycles. The maximum atomic E-state index is 12.1.